The van der Waals surface area contributed by atoms with E-state index in [2.05, 4.69) is 5.32 Å². The average molecular weight is 600 g/mol. The van der Waals surface area contributed by atoms with Crippen LogP contribution in [0.15, 0.2) is 78.9 Å². The van der Waals surface area contributed by atoms with Gasteiger partial charge in [0, 0.05) is 24.5 Å². The minimum absolute atomic E-state index is 0.0684. The molecule has 0 radical (unpaired) electrons. The van der Waals surface area contributed by atoms with Crippen LogP contribution in [0.25, 0.3) is 0 Å². The van der Waals surface area contributed by atoms with E-state index >= 15 is 0 Å². The molecule has 0 unspecified atom stereocenters. The number of carbonyl (C=O) groups excluding carboxylic acids is 2. The molecule has 10 heteroatoms. The van der Waals surface area contributed by atoms with Gasteiger partial charge in [-0.3, -0.25) is 13.9 Å². The Bertz CT molecular complexity index is 1380. The summed E-state index contributed by atoms with van der Waals surface area (Å²) in [5, 5.41) is 3.46. The number of carbonyl (C=O) groups is 2. The predicted octanol–water partition coefficient (Wildman–Crippen LogP) is 5.06. The second-order valence-electron chi connectivity index (χ2n) is 9.70. The first kappa shape index (κ1) is 32.0. The van der Waals surface area contributed by atoms with Gasteiger partial charge in [0.25, 0.3) is 0 Å². The normalized spacial score (nSPS) is 11.9. The van der Waals surface area contributed by atoms with Gasteiger partial charge in [0.15, 0.2) is 0 Å². The maximum atomic E-state index is 14.1. The summed E-state index contributed by atoms with van der Waals surface area (Å²) in [5.41, 5.74) is 1.91. The molecule has 3 rings (SSSR count). The van der Waals surface area contributed by atoms with Gasteiger partial charge < -0.3 is 15.0 Å². The van der Waals surface area contributed by atoms with Gasteiger partial charge in [-0.15, -0.1) is 0 Å². The summed E-state index contributed by atoms with van der Waals surface area (Å²) < 4.78 is 32.3. The third-order valence-corrected chi connectivity index (χ3v) is 7.83. The minimum atomic E-state index is -3.85. The number of amides is 2. The van der Waals surface area contributed by atoms with E-state index in [1.54, 1.807) is 42.5 Å². The molecule has 8 nitrogen and oxygen atoms in total. The number of ether oxygens (including phenoxy) is 1. The van der Waals surface area contributed by atoms with Gasteiger partial charge in [0.05, 0.1) is 18.6 Å². The Balaban J connectivity index is 2.01. The molecular formula is C31H38ClN3O5S. The molecule has 220 valence electrons. The first-order chi connectivity index (χ1) is 19.6. The zero-order chi connectivity index (χ0) is 29.8. The molecule has 0 saturated carbocycles. The molecular weight excluding hydrogens is 562 g/mol. The number of benzene rings is 3. The van der Waals surface area contributed by atoms with Gasteiger partial charge >= 0.3 is 0 Å². The van der Waals surface area contributed by atoms with E-state index in [-0.39, 0.29) is 18.9 Å². The summed E-state index contributed by atoms with van der Waals surface area (Å²) in [4.78, 5) is 29.1. The summed E-state index contributed by atoms with van der Waals surface area (Å²) in [5.74, 6) is -0.231. The van der Waals surface area contributed by atoms with E-state index < -0.39 is 28.5 Å². The highest BCUT2D eigenvalue weighted by Gasteiger charge is 2.33. The number of nitrogens with zero attached hydrogens (tertiary/aromatic N) is 2. The van der Waals surface area contributed by atoms with Crippen LogP contribution in [0, 0.1) is 0 Å². The van der Waals surface area contributed by atoms with Gasteiger partial charge in [-0.2, -0.15) is 0 Å². The Hall–Kier alpha value is -3.56. The Morgan fingerprint density at radius 2 is 1.63 bits per heavy atom. The van der Waals surface area contributed by atoms with Crippen molar-refractivity contribution in [2.45, 2.75) is 45.7 Å². The van der Waals surface area contributed by atoms with Gasteiger partial charge in [-0.05, 0) is 60.9 Å². The van der Waals surface area contributed by atoms with E-state index in [4.69, 9.17) is 16.3 Å². The predicted molar refractivity (Wildman–Crippen MR) is 164 cm³/mol. The standard InChI is InChI=1S/C31H38ClN3O5S/c1-4-6-19-33-31(37)29(21-24-11-8-7-9-12-24)34(22-25-13-10-14-26(32)20-25)30(36)23-35(41(3,38)39)27-15-17-28(18-16-27)40-5-2/h7-18,20,29H,4-6,19,21-23H2,1-3H3,(H,33,37)/t29-/m0/s1. The van der Waals surface area contributed by atoms with Crippen LogP contribution in [0.5, 0.6) is 5.75 Å². The summed E-state index contributed by atoms with van der Waals surface area (Å²) in [6.45, 7) is 4.41. The summed E-state index contributed by atoms with van der Waals surface area (Å²) >= 11 is 6.24. The lowest BCUT2D eigenvalue weighted by Gasteiger charge is -2.33. The number of anilines is 1. The Morgan fingerprint density at radius 3 is 2.24 bits per heavy atom. The smallest absolute Gasteiger partial charge is 0.244 e. The van der Waals surface area contributed by atoms with Crippen molar-refractivity contribution in [3.8, 4) is 5.75 Å². The quantitative estimate of drug-likeness (QED) is 0.246. The fraction of sp³-hybridized carbons (Fsp3) is 0.355. The van der Waals surface area contributed by atoms with Crippen LogP contribution in [0.3, 0.4) is 0 Å². The molecule has 0 aromatic heterocycles. The lowest BCUT2D eigenvalue weighted by Crippen LogP contribution is -2.53. The zero-order valence-electron chi connectivity index (χ0n) is 23.8. The third-order valence-electron chi connectivity index (χ3n) is 6.46. The van der Waals surface area contributed by atoms with Crippen LogP contribution in [-0.2, 0) is 32.6 Å². The Morgan fingerprint density at radius 1 is 0.951 bits per heavy atom. The molecule has 3 aromatic carbocycles. The van der Waals surface area contributed by atoms with Crippen molar-refractivity contribution in [1.29, 1.82) is 0 Å². The Kier molecular flexibility index (Phi) is 12.0. The van der Waals surface area contributed by atoms with Crippen LogP contribution < -0.4 is 14.4 Å². The van der Waals surface area contributed by atoms with Crippen LogP contribution in [0.1, 0.15) is 37.8 Å². The van der Waals surface area contributed by atoms with Gasteiger partial charge in [0.2, 0.25) is 21.8 Å². The van der Waals surface area contributed by atoms with Crippen molar-refractivity contribution in [2.75, 3.05) is 30.3 Å². The lowest BCUT2D eigenvalue weighted by atomic mass is 10.0. The monoisotopic (exact) mass is 599 g/mol. The topological polar surface area (TPSA) is 96.0 Å². The summed E-state index contributed by atoms with van der Waals surface area (Å²) in [6, 6.07) is 22.1. The lowest BCUT2D eigenvalue weighted by molar-refractivity contribution is -0.140. The molecule has 0 fully saturated rings. The maximum Gasteiger partial charge on any atom is 0.244 e. The first-order valence-electron chi connectivity index (χ1n) is 13.7. The number of sulfonamides is 1. The van der Waals surface area contributed by atoms with Crippen LogP contribution in [0.4, 0.5) is 5.69 Å². The number of nitrogens with one attached hydrogen (secondary N) is 1. The minimum Gasteiger partial charge on any atom is -0.494 e. The Labute approximate surface area is 248 Å². The summed E-state index contributed by atoms with van der Waals surface area (Å²) in [6.07, 6.45) is 3.01. The van der Waals surface area contributed by atoms with Gasteiger partial charge in [0.1, 0.15) is 18.3 Å². The van der Waals surface area contributed by atoms with Crippen molar-refractivity contribution in [2.24, 2.45) is 0 Å². The number of hydrogen-bond acceptors (Lipinski definition) is 5. The third kappa shape index (κ3) is 9.79. The van der Waals surface area contributed by atoms with Crippen molar-refractivity contribution in [1.82, 2.24) is 10.2 Å². The van der Waals surface area contributed by atoms with E-state index in [1.807, 2.05) is 50.2 Å². The van der Waals surface area contributed by atoms with Crippen molar-refractivity contribution in [3.63, 3.8) is 0 Å². The average Bonchev–Trinajstić information content (AvgIpc) is 2.94. The molecule has 0 saturated heterocycles. The molecule has 41 heavy (non-hydrogen) atoms. The molecule has 1 N–H and O–H groups in total. The molecule has 1 atom stereocenters. The van der Waals surface area contributed by atoms with Crippen molar-refractivity contribution in [3.05, 3.63) is 95.0 Å². The molecule has 0 bridgehead atoms. The molecule has 0 heterocycles. The van der Waals surface area contributed by atoms with Crippen LogP contribution >= 0.6 is 11.6 Å². The highest BCUT2D eigenvalue weighted by molar-refractivity contribution is 7.92. The largest absolute Gasteiger partial charge is 0.494 e. The van der Waals surface area contributed by atoms with E-state index in [1.165, 1.54) is 4.90 Å². The van der Waals surface area contributed by atoms with E-state index in [9.17, 15) is 18.0 Å². The van der Waals surface area contributed by atoms with Crippen LogP contribution in [-0.4, -0.2) is 57.1 Å². The van der Waals surface area contributed by atoms with Crippen LogP contribution in [0.2, 0.25) is 5.02 Å². The fourth-order valence-electron chi connectivity index (χ4n) is 4.38. The van der Waals surface area contributed by atoms with Gasteiger partial charge in [-0.1, -0.05) is 67.4 Å². The molecule has 0 aliphatic heterocycles. The van der Waals surface area contributed by atoms with Gasteiger partial charge in [-0.25, -0.2) is 8.42 Å². The highest BCUT2D eigenvalue weighted by atomic mass is 35.5. The SMILES string of the molecule is CCCCNC(=O)[C@H](Cc1ccccc1)N(Cc1cccc(Cl)c1)C(=O)CN(c1ccc(OCC)cc1)S(C)(=O)=O. The number of halogens is 1. The molecule has 0 aliphatic carbocycles. The van der Waals surface area contributed by atoms with Crippen molar-refractivity contribution >= 4 is 39.1 Å². The second kappa shape index (κ2) is 15.4. The molecule has 0 spiro atoms. The summed E-state index contributed by atoms with van der Waals surface area (Å²) in [7, 11) is -3.85. The highest BCUT2D eigenvalue weighted by Crippen LogP contribution is 2.23. The van der Waals surface area contributed by atoms with E-state index in [0.717, 1.165) is 34.5 Å². The van der Waals surface area contributed by atoms with Crippen molar-refractivity contribution < 1.29 is 22.7 Å². The number of unbranched alkanes of at least 4 members (excludes halogenated alkanes) is 1. The number of hydrogen-bond donors (Lipinski definition) is 1. The number of rotatable bonds is 15. The first-order valence-corrected chi connectivity index (χ1v) is 15.9. The second-order valence-corrected chi connectivity index (χ2v) is 12.0. The molecule has 0 aliphatic rings. The van der Waals surface area contributed by atoms with E-state index in [0.29, 0.717) is 29.6 Å². The zero-order valence-corrected chi connectivity index (χ0v) is 25.3. The maximum absolute atomic E-state index is 14.1. The molecule has 2 amide bonds. The fourth-order valence-corrected chi connectivity index (χ4v) is 5.44. The molecule has 3 aromatic rings.